The monoisotopic (exact) mass is 356 g/mol. The molecule has 1 aromatic heterocycles. The molecule has 0 saturated heterocycles. The molecule has 1 heterocycles. The van der Waals surface area contributed by atoms with E-state index in [2.05, 4.69) is 41.3 Å². The third-order valence-corrected chi connectivity index (χ3v) is 4.27. The molecule has 5 nitrogen and oxygen atoms in total. The van der Waals surface area contributed by atoms with Crippen molar-refractivity contribution in [1.82, 2.24) is 9.97 Å². The van der Waals surface area contributed by atoms with Crippen LogP contribution in [0.25, 0.3) is 10.8 Å². The van der Waals surface area contributed by atoms with Gasteiger partial charge in [-0.3, -0.25) is 0 Å². The van der Waals surface area contributed by atoms with Crippen LogP contribution in [-0.4, -0.2) is 9.97 Å². The van der Waals surface area contributed by atoms with E-state index in [0.29, 0.717) is 23.1 Å². The van der Waals surface area contributed by atoms with Gasteiger partial charge in [0.15, 0.2) is 5.82 Å². The van der Waals surface area contributed by atoms with Crippen LogP contribution in [0.4, 0.5) is 17.2 Å². The van der Waals surface area contributed by atoms with E-state index in [1.54, 1.807) is 0 Å². The van der Waals surface area contributed by atoms with Gasteiger partial charge in [-0.05, 0) is 60.0 Å². The Bertz CT molecular complexity index is 1100. The van der Waals surface area contributed by atoms with Gasteiger partial charge in [0.25, 0.3) is 0 Å². The van der Waals surface area contributed by atoms with Crippen LogP contribution < -0.4 is 15.8 Å². The van der Waals surface area contributed by atoms with Crippen LogP contribution >= 0.6 is 0 Å². The van der Waals surface area contributed by atoms with Gasteiger partial charge in [-0.1, -0.05) is 36.4 Å². The van der Waals surface area contributed by atoms with Crippen molar-refractivity contribution < 1.29 is 4.74 Å². The van der Waals surface area contributed by atoms with E-state index in [9.17, 15) is 0 Å². The van der Waals surface area contributed by atoms with Crippen LogP contribution in [0.15, 0.2) is 67.0 Å². The molecule has 4 aromatic rings. The van der Waals surface area contributed by atoms with Crippen molar-refractivity contribution >= 4 is 28.0 Å². The third-order valence-electron chi connectivity index (χ3n) is 4.27. The summed E-state index contributed by atoms with van der Waals surface area (Å²) in [5.41, 5.74) is 9.88. The Morgan fingerprint density at radius 3 is 2.37 bits per heavy atom. The van der Waals surface area contributed by atoms with Gasteiger partial charge in [0, 0.05) is 5.69 Å². The number of nitrogens with one attached hydrogen (secondary N) is 1. The molecule has 0 atom stereocenters. The number of nitrogens with zero attached hydrogens (tertiary/aromatic N) is 2. The molecule has 134 valence electrons. The van der Waals surface area contributed by atoms with Gasteiger partial charge in [0.2, 0.25) is 5.88 Å². The van der Waals surface area contributed by atoms with Crippen LogP contribution in [0, 0.1) is 13.8 Å². The Labute approximate surface area is 157 Å². The van der Waals surface area contributed by atoms with Crippen molar-refractivity contribution in [3.8, 4) is 11.6 Å². The van der Waals surface area contributed by atoms with E-state index < -0.39 is 0 Å². The number of hydrogen-bond acceptors (Lipinski definition) is 5. The van der Waals surface area contributed by atoms with Gasteiger partial charge in [0.05, 0.1) is 0 Å². The zero-order chi connectivity index (χ0) is 18.8. The van der Waals surface area contributed by atoms with Gasteiger partial charge >= 0.3 is 0 Å². The lowest BCUT2D eigenvalue weighted by Gasteiger charge is -2.13. The third kappa shape index (κ3) is 3.67. The second kappa shape index (κ2) is 6.96. The lowest BCUT2D eigenvalue weighted by atomic mass is 10.1. The first-order valence-corrected chi connectivity index (χ1v) is 8.71. The number of aromatic nitrogens is 2. The maximum Gasteiger partial charge on any atom is 0.248 e. The minimum Gasteiger partial charge on any atom is -0.437 e. The highest BCUT2D eigenvalue weighted by Gasteiger charge is 2.11. The number of fused-ring (bicyclic) bond motifs is 1. The summed E-state index contributed by atoms with van der Waals surface area (Å²) in [6.07, 6.45) is 1.44. The second-order valence-corrected chi connectivity index (χ2v) is 6.55. The van der Waals surface area contributed by atoms with Gasteiger partial charge < -0.3 is 15.8 Å². The molecular weight excluding hydrogens is 336 g/mol. The molecule has 3 aromatic carbocycles. The number of nitrogens with two attached hydrogens (primary N) is 1. The molecule has 0 saturated carbocycles. The van der Waals surface area contributed by atoms with Crippen LogP contribution in [-0.2, 0) is 0 Å². The molecule has 0 aliphatic heterocycles. The number of rotatable bonds is 4. The zero-order valence-electron chi connectivity index (χ0n) is 15.2. The molecule has 0 aliphatic rings. The Balaban J connectivity index is 1.62. The summed E-state index contributed by atoms with van der Waals surface area (Å²) in [6, 6.07) is 20.2. The van der Waals surface area contributed by atoms with Gasteiger partial charge in [0.1, 0.15) is 17.8 Å². The summed E-state index contributed by atoms with van der Waals surface area (Å²) in [7, 11) is 0. The summed E-state index contributed by atoms with van der Waals surface area (Å²) < 4.78 is 5.93. The van der Waals surface area contributed by atoms with Gasteiger partial charge in [-0.2, -0.15) is 4.98 Å². The van der Waals surface area contributed by atoms with Gasteiger partial charge in [-0.25, -0.2) is 4.98 Å². The van der Waals surface area contributed by atoms with E-state index in [0.717, 1.165) is 27.6 Å². The fourth-order valence-corrected chi connectivity index (χ4v) is 3.09. The normalized spacial score (nSPS) is 10.7. The molecule has 5 heteroatoms. The number of nitrogen functional groups attached to an aromatic ring is 1. The highest BCUT2D eigenvalue weighted by Crippen LogP contribution is 2.32. The molecule has 3 N–H and O–H groups in total. The molecule has 0 fully saturated rings. The second-order valence-electron chi connectivity index (χ2n) is 6.55. The summed E-state index contributed by atoms with van der Waals surface area (Å²) >= 11 is 0. The number of anilines is 3. The molecule has 0 amide bonds. The maximum absolute atomic E-state index is 6.26. The van der Waals surface area contributed by atoms with E-state index in [1.807, 2.05) is 48.5 Å². The Morgan fingerprint density at radius 1 is 0.852 bits per heavy atom. The Morgan fingerprint density at radius 2 is 1.59 bits per heavy atom. The van der Waals surface area contributed by atoms with Crippen LogP contribution in [0.2, 0.25) is 0 Å². The van der Waals surface area contributed by atoms with Crippen molar-refractivity contribution in [3.05, 3.63) is 78.1 Å². The lowest BCUT2D eigenvalue weighted by Crippen LogP contribution is -2.03. The van der Waals surface area contributed by atoms with Crippen LogP contribution in [0.3, 0.4) is 0 Å². The van der Waals surface area contributed by atoms with Crippen LogP contribution in [0.5, 0.6) is 11.6 Å². The molecule has 0 spiro atoms. The predicted molar refractivity (Wildman–Crippen MR) is 110 cm³/mol. The molecule has 0 aliphatic carbocycles. The number of benzene rings is 3. The fourth-order valence-electron chi connectivity index (χ4n) is 3.09. The molecule has 0 radical (unpaired) electrons. The Hall–Kier alpha value is -3.60. The zero-order valence-corrected chi connectivity index (χ0v) is 15.2. The average molecular weight is 356 g/mol. The standard InChI is InChI=1S/C22H20N4O/c1-14-9-15(2)11-18(10-14)26-21-20(23)22(25-13-24-21)27-19-8-7-16-5-3-4-6-17(16)12-19/h3-13H,23H2,1-2H3,(H,24,25,26). The van der Waals surface area contributed by atoms with Crippen molar-refractivity contribution in [1.29, 1.82) is 0 Å². The van der Waals surface area contributed by atoms with Crippen LogP contribution in [0.1, 0.15) is 11.1 Å². The first-order chi connectivity index (χ1) is 13.1. The smallest absolute Gasteiger partial charge is 0.248 e. The van der Waals surface area contributed by atoms with E-state index in [4.69, 9.17) is 10.5 Å². The fraction of sp³-hybridized carbons (Fsp3) is 0.0909. The highest BCUT2D eigenvalue weighted by molar-refractivity contribution is 5.84. The number of ether oxygens (including phenoxy) is 1. The molecule has 4 rings (SSSR count). The van der Waals surface area contributed by atoms with Crippen molar-refractivity contribution in [2.45, 2.75) is 13.8 Å². The first kappa shape index (κ1) is 16.8. The molecule has 0 bridgehead atoms. The molecule has 0 unspecified atom stereocenters. The van der Waals surface area contributed by atoms with Gasteiger partial charge in [-0.15, -0.1) is 0 Å². The first-order valence-electron chi connectivity index (χ1n) is 8.71. The maximum atomic E-state index is 6.26. The number of aryl methyl sites for hydroxylation is 2. The van der Waals surface area contributed by atoms with E-state index in [1.165, 1.54) is 6.33 Å². The van der Waals surface area contributed by atoms with E-state index in [-0.39, 0.29) is 0 Å². The Kier molecular flexibility index (Phi) is 4.34. The summed E-state index contributed by atoms with van der Waals surface area (Å²) in [4.78, 5) is 8.45. The largest absolute Gasteiger partial charge is 0.437 e. The highest BCUT2D eigenvalue weighted by atomic mass is 16.5. The lowest BCUT2D eigenvalue weighted by molar-refractivity contribution is 0.465. The SMILES string of the molecule is Cc1cc(C)cc(Nc2ncnc(Oc3ccc4ccccc4c3)c2N)c1. The predicted octanol–water partition coefficient (Wildman–Crippen LogP) is 5.36. The topological polar surface area (TPSA) is 73.1 Å². The molecule has 27 heavy (non-hydrogen) atoms. The number of hydrogen-bond donors (Lipinski definition) is 2. The average Bonchev–Trinajstić information content (AvgIpc) is 2.64. The van der Waals surface area contributed by atoms with Crippen molar-refractivity contribution in [3.63, 3.8) is 0 Å². The minimum absolute atomic E-state index is 0.326. The molecular formula is C22H20N4O. The van der Waals surface area contributed by atoms with Crippen molar-refractivity contribution in [2.75, 3.05) is 11.1 Å². The summed E-state index contributed by atoms with van der Waals surface area (Å²) in [5.74, 6) is 1.52. The van der Waals surface area contributed by atoms with E-state index >= 15 is 0 Å². The summed E-state index contributed by atoms with van der Waals surface area (Å²) in [5, 5.41) is 5.50. The summed E-state index contributed by atoms with van der Waals surface area (Å²) in [6.45, 7) is 4.10. The quantitative estimate of drug-likeness (QED) is 0.514. The van der Waals surface area contributed by atoms with Crippen molar-refractivity contribution in [2.24, 2.45) is 0 Å². The minimum atomic E-state index is 0.326.